The van der Waals surface area contributed by atoms with Crippen LogP contribution in [-0.4, -0.2) is 18.2 Å². The minimum Gasteiger partial charge on any atom is -0.497 e. The Morgan fingerprint density at radius 1 is 1.44 bits per heavy atom. The lowest BCUT2D eigenvalue weighted by Crippen LogP contribution is -1.96. The zero-order valence-corrected chi connectivity index (χ0v) is 11.8. The van der Waals surface area contributed by atoms with Crippen molar-refractivity contribution in [1.82, 2.24) is 0 Å². The number of carboxylic acid groups (broad SMARTS) is 1. The molecule has 94 valence electrons. The second kappa shape index (κ2) is 4.99. The number of carbonyl (C=O) groups is 1. The van der Waals surface area contributed by atoms with Crippen molar-refractivity contribution in [2.45, 2.75) is 0 Å². The molecule has 0 amide bonds. The monoisotopic (exact) mass is 327 g/mol. The number of aromatic carboxylic acids is 1. The maximum absolute atomic E-state index is 11.0. The Balaban J connectivity index is 2.54. The molecule has 1 aromatic heterocycles. The zero-order valence-electron chi connectivity index (χ0n) is 9.44. The lowest BCUT2D eigenvalue weighted by atomic mass is 10.2. The fourth-order valence-electron chi connectivity index (χ4n) is 1.53. The predicted molar refractivity (Wildman–Crippen MR) is 75.4 cm³/mol. The molecule has 2 aromatic rings. The molecule has 0 spiro atoms. The summed E-state index contributed by atoms with van der Waals surface area (Å²) in [7, 11) is 1.58. The van der Waals surface area contributed by atoms with E-state index in [1.165, 1.54) is 0 Å². The van der Waals surface area contributed by atoms with Gasteiger partial charge in [-0.2, -0.15) is 0 Å². The number of hydrogen-bond acceptors (Lipinski definition) is 4. The van der Waals surface area contributed by atoms with E-state index in [4.69, 9.17) is 15.6 Å². The average molecular weight is 328 g/mol. The molecule has 0 aliphatic heterocycles. The topological polar surface area (TPSA) is 72.5 Å². The van der Waals surface area contributed by atoms with Crippen LogP contribution in [0.3, 0.4) is 0 Å². The Kier molecular flexibility index (Phi) is 3.58. The van der Waals surface area contributed by atoms with Crippen molar-refractivity contribution in [3.05, 3.63) is 33.6 Å². The van der Waals surface area contributed by atoms with Crippen LogP contribution in [0.15, 0.2) is 28.7 Å². The summed E-state index contributed by atoms with van der Waals surface area (Å²) in [5, 5.41) is 8.99. The van der Waals surface area contributed by atoms with Crippen LogP contribution < -0.4 is 10.5 Å². The molecule has 0 saturated heterocycles. The lowest BCUT2D eigenvalue weighted by Gasteiger charge is -2.05. The van der Waals surface area contributed by atoms with Crippen LogP contribution >= 0.6 is 27.3 Å². The summed E-state index contributed by atoms with van der Waals surface area (Å²) in [5.74, 6) is -0.306. The number of anilines is 1. The normalized spacial score (nSPS) is 10.3. The van der Waals surface area contributed by atoms with Gasteiger partial charge in [0.25, 0.3) is 0 Å². The van der Waals surface area contributed by atoms with Crippen LogP contribution in [0.5, 0.6) is 5.75 Å². The van der Waals surface area contributed by atoms with E-state index in [2.05, 4.69) is 15.9 Å². The molecule has 2 rings (SSSR count). The van der Waals surface area contributed by atoms with Crippen LogP contribution in [0, 0.1) is 0 Å². The Hall–Kier alpha value is -1.53. The van der Waals surface area contributed by atoms with E-state index >= 15 is 0 Å². The first-order valence-electron chi connectivity index (χ1n) is 4.99. The van der Waals surface area contributed by atoms with Gasteiger partial charge in [-0.05, 0) is 24.3 Å². The molecule has 0 aliphatic rings. The van der Waals surface area contributed by atoms with Crippen molar-refractivity contribution in [3.8, 4) is 16.2 Å². The van der Waals surface area contributed by atoms with Gasteiger partial charge in [-0.15, -0.1) is 11.3 Å². The second-order valence-corrected chi connectivity index (χ2v) is 5.45. The highest BCUT2D eigenvalue weighted by atomic mass is 79.9. The van der Waals surface area contributed by atoms with E-state index in [-0.39, 0.29) is 10.6 Å². The standard InChI is InChI=1S/C12H10BrNO3S/c1-17-6-2-3-8(13)7(4-6)10-5-9(14)11(18-10)12(15)16/h2-5H,14H2,1H3,(H,15,16). The summed E-state index contributed by atoms with van der Waals surface area (Å²) in [4.78, 5) is 11.9. The lowest BCUT2D eigenvalue weighted by molar-refractivity contribution is 0.0703. The number of methoxy groups -OCH3 is 1. The van der Waals surface area contributed by atoms with Crippen LogP contribution in [0.4, 0.5) is 5.69 Å². The molecule has 3 N–H and O–H groups in total. The van der Waals surface area contributed by atoms with Gasteiger partial charge in [0.05, 0.1) is 12.8 Å². The molecular weight excluding hydrogens is 318 g/mol. The molecule has 1 heterocycles. The molecule has 4 nitrogen and oxygen atoms in total. The first kappa shape index (κ1) is 12.9. The minimum atomic E-state index is -1.01. The Morgan fingerprint density at radius 3 is 2.72 bits per heavy atom. The molecule has 0 radical (unpaired) electrons. The van der Waals surface area contributed by atoms with E-state index in [0.717, 1.165) is 26.3 Å². The Labute approximate surface area is 116 Å². The number of nitrogen functional groups attached to an aromatic ring is 1. The maximum atomic E-state index is 11.0. The van der Waals surface area contributed by atoms with E-state index in [9.17, 15) is 4.79 Å². The number of thiophene rings is 1. The van der Waals surface area contributed by atoms with Gasteiger partial charge in [-0.1, -0.05) is 15.9 Å². The van der Waals surface area contributed by atoms with Gasteiger partial charge in [-0.3, -0.25) is 0 Å². The van der Waals surface area contributed by atoms with Crippen molar-refractivity contribution >= 4 is 38.9 Å². The summed E-state index contributed by atoms with van der Waals surface area (Å²) in [6.07, 6.45) is 0. The average Bonchev–Trinajstić information content (AvgIpc) is 2.72. The summed E-state index contributed by atoms with van der Waals surface area (Å²) in [6.45, 7) is 0. The van der Waals surface area contributed by atoms with Crippen molar-refractivity contribution in [1.29, 1.82) is 0 Å². The van der Waals surface area contributed by atoms with E-state index in [1.54, 1.807) is 13.2 Å². The Bertz CT molecular complexity index is 609. The van der Waals surface area contributed by atoms with E-state index < -0.39 is 5.97 Å². The van der Waals surface area contributed by atoms with Crippen molar-refractivity contribution < 1.29 is 14.6 Å². The second-order valence-electron chi connectivity index (χ2n) is 3.55. The Morgan fingerprint density at radius 2 is 2.17 bits per heavy atom. The first-order chi connectivity index (χ1) is 8.52. The smallest absolute Gasteiger partial charge is 0.348 e. The number of nitrogens with two attached hydrogens (primary N) is 1. The molecule has 0 fully saturated rings. The third kappa shape index (κ3) is 2.34. The highest BCUT2D eigenvalue weighted by molar-refractivity contribution is 9.10. The molecule has 0 unspecified atom stereocenters. The summed E-state index contributed by atoms with van der Waals surface area (Å²) in [5.41, 5.74) is 6.82. The molecule has 0 saturated carbocycles. The molecule has 0 bridgehead atoms. The number of halogens is 1. The zero-order chi connectivity index (χ0) is 13.3. The van der Waals surface area contributed by atoms with Crippen molar-refractivity contribution in [2.75, 3.05) is 12.8 Å². The van der Waals surface area contributed by atoms with Gasteiger partial charge in [0.15, 0.2) is 0 Å². The number of benzene rings is 1. The number of ether oxygens (including phenoxy) is 1. The fraction of sp³-hybridized carbons (Fsp3) is 0.0833. The van der Waals surface area contributed by atoms with E-state index in [0.29, 0.717) is 5.75 Å². The van der Waals surface area contributed by atoms with Crippen LogP contribution in [0.1, 0.15) is 9.67 Å². The fourth-order valence-corrected chi connectivity index (χ4v) is 3.07. The number of carboxylic acids is 1. The highest BCUT2D eigenvalue weighted by Crippen LogP contribution is 2.38. The quantitative estimate of drug-likeness (QED) is 0.905. The van der Waals surface area contributed by atoms with Gasteiger partial charge in [-0.25, -0.2) is 4.79 Å². The predicted octanol–water partition coefficient (Wildman–Crippen LogP) is 3.47. The third-order valence-electron chi connectivity index (χ3n) is 2.39. The van der Waals surface area contributed by atoms with E-state index in [1.807, 2.05) is 18.2 Å². The summed E-state index contributed by atoms with van der Waals surface area (Å²) in [6, 6.07) is 7.17. The molecule has 0 atom stereocenters. The van der Waals surface area contributed by atoms with Crippen molar-refractivity contribution in [2.24, 2.45) is 0 Å². The molecular formula is C12H10BrNO3S. The van der Waals surface area contributed by atoms with Gasteiger partial charge in [0.1, 0.15) is 10.6 Å². The summed E-state index contributed by atoms with van der Waals surface area (Å²) < 4.78 is 6.01. The summed E-state index contributed by atoms with van der Waals surface area (Å²) >= 11 is 4.57. The van der Waals surface area contributed by atoms with Gasteiger partial charge >= 0.3 is 5.97 Å². The van der Waals surface area contributed by atoms with Crippen LogP contribution in [-0.2, 0) is 0 Å². The van der Waals surface area contributed by atoms with Crippen LogP contribution in [0.2, 0.25) is 0 Å². The largest absolute Gasteiger partial charge is 0.497 e. The molecule has 18 heavy (non-hydrogen) atoms. The minimum absolute atomic E-state index is 0.153. The first-order valence-corrected chi connectivity index (χ1v) is 6.60. The third-order valence-corrected chi connectivity index (χ3v) is 4.26. The molecule has 0 aliphatic carbocycles. The molecule has 6 heteroatoms. The van der Waals surface area contributed by atoms with Crippen LogP contribution in [0.25, 0.3) is 10.4 Å². The van der Waals surface area contributed by atoms with Gasteiger partial charge in [0.2, 0.25) is 0 Å². The highest BCUT2D eigenvalue weighted by Gasteiger charge is 2.15. The van der Waals surface area contributed by atoms with Gasteiger partial charge in [0, 0.05) is 14.9 Å². The maximum Gasteiger partial charge on any atom is 0.348 e. The number of hydrogen-bond donors (Lipinski definition) is 2. The molecule has 1 aromatic carbocycles. The SMILES string of the molecule is COc1ccc(Br)c(-c2cc(N)c(C(=O)O)s2)c1. The number of rotatable bonds is 3. The van der Waals surface area contributed by atoms with Gasteiger partial charge < -0.3 is 15.6 Å². The van der Waals surface area contributed by atoms with Crippen molar-refractivity contribution in [3.63, 3.8) is 0 Å².